The van der Waals surface area contributed by atoms with E-state index < -0.39 is 0 Å². The topological polar surface area (TPSA) is 16.4 Å². The van der Waals surface area contributed by atoms with Crippen LogP contribution in [0.5, 0.6) is 0 Å². The van der Waals surface area contributed by atoms with Crippen molar-refractivity contribution in [1.29, 1.82) is 0 Å². The maximum absolute atomic E-state index is 6.41. The molecule has 3 heteroatoms. The van der Waals surface area contributed by atoms with Crippen LogP contribution in [0.4, 0.5) is 17.1 Å². The number of fused-ring (bicyclic) bond motifs is 7. The van der Waals surface area contributed by atoms with Gasteiger partial charge in [-0.25, -0.2) is 0 Å². The smallest absolute Gasteiger partial charge is 0.137 e. The molecule has 2 aromatic heterocycles. The zero-order valence-electron chi connectivity index (χ0n) is 26.5. The molecule has 0 saturated carbocycles. The zero-order valence-corrected chi connectivity index (χ0v) is 27.3. The fourth-order valence-electron chi connectivity index (χ4n) is 7.43. The molecule has 0 radical (unpaired) electrons. The summed E-state index contributed by atoms with van der Waals surface area (Å²) in [6.07, 6.45) is 0. The third-order valence-corrected chi connectivity index (χ3v) is 10.9. The Balaban J connectivity index is 1.20. The molecule has 0 N–H and O–H groups in total. The lowest BCUT2D eigenvalue weighted by Gasteiger charge is -2.27. The molecular weight excluding hydrogens is 615 g/mol. The zero-order chi connectivity index (χ0) is 32.3. The highest BCUT2D eigenvalue weighted by Gasteiger charge is 2.22. The molecule has 10 rings (SSSR count). The first-order valence-corrected chi connectivity index (χ1v) is 17.4. The fraction of sp³-hybridized carbons (Fsp3) is 0. The Bertz CT molecular complexity index is 2850. The number of thiophene rings is 1. The monoisotopic (exact) mass is 643 g/mol. The van der Waals surface area contributed by atoms with Crippen LogP contribution in [0.15, 0.2) is 180 Å². The number of furan rings is 1. The molecule has 10 aromatic rings. The van der Waals surface area contributed by atoms with E-state index >= 15 is 0 Å². The van der Waals surface area contributed by atoms with Crippen LogP contribution in [-0.2, 0) is 0 Å². The van der Waals surface area contributed by atoms with Crippen LogP contribution in [0, 0.1) is 0 Å². The molecule has 49 heavy (non-hydrogen) atoms. The van der Waals surface area contributed by atoms with Crippen LogP contribution in [0.2, 0.25) is 0 Å². The van der Waals surface area contributed by atoms with Crippen molar-refractivity contribution in [3.63, 3.8) is 0 Å². The lowest BCUT2D eigenvalue weighted by atomic mass is 9.95. The third-order valence-electron chi connectivity index (χ3n) is 9.65. The van der Waals surface area contributed by atoms with Crippen LogP contribution in [-0.4, -0.2) is 0 Å². The number of hydrogen-bond donors (Lipinski definition) is 0. The second kappa shape index (κ2) is 11.2. The summed E-state index contributed by atoms with van der Waals surface area (Å²) in [7, 11) is 0. The van der Waals surface area contributed by atoms with Gasteiger partial charge in [-0.2, -0.15) is 0 Å². The highest BCUT2D eigenvalue weighted by molar-refractivity contribution is 7.26. The van der Waals surface area contributed by atoms with Gasteiger partial charge in [-0.1, -0.05) is 127 Å². The van der Waals surface area contributed by atoms with E-state index in [9.17, 15) is 0 Å². The second-order valence-corrected chi connectivity index (χ2v) is 13.5. The van der Waals surface area contributed by atoms with Gasteiger partial charge in [0.1, 0.15) is 11.2 Å². The minimum Gasteiger partial charge on any atom is -0.456 e. The summed E-state index contributed by atoms with van der Waals surface area (Å²) in [6, 6.07) is 63.2. The first kappa shape index (κ1) is 27.9. The van der Waals surface area contributed by atoms with Crippen LogP contribution in [0.3, 0.4) is 0 Å². The van der Waals surface area contributed by atoms with Crippen LogP contribution >= 0.6 is 11.3 Å². The van der Waals surface area contributed by atoms with E-state index in [1.807, 2.05) is 17.4 Å². The lowest BCUT2D eigenvalue weighted by molar-refractivity contribution is 0.669. The fourth-order valence-corrected chi connectivity index (χ4v) is 8.63. The normalized spacial score (nSPS) is 11.7. The quantitative estimate of drug-likeness (QED) is 0.186. The van der Waals surface area contributed by atoms with E-state index in [-0.39, 0.29) is 0 Å². The highest BCUT2D eigenvalue weighted by atomic mass is 32.1. The number of para-hydroxylation sites is 1. The molecule has 0 aliphatic heterocycles. The number of benzene rings is 8. The lowest BCUT2D eigenvalue weighted by Crippen LogP contribution is -2.10. The molecule has 2 nitrogen and oxygen atoms in total. The van der Waals surface area contributed by atoms with Crippen LogP contribution in [0.25, 0.3) is 75.1 Å². The Hall–Kier alpha value is -6.16. The maximum Gasteiger partial charge on any atom is 0.137 e. The molecular formula is C46H29NOS. The summed E-state index contributed by atoms with van der Waals surface area (Å²) < 4.78 is 8.95. The average molecular weight is 644 g/mol. The Morgan fingerprint density at radius 1 is 0.429 bits per heavy atom. The Morgan fingerprint density at radius 2 is 1.06 bits per heavy atom. The van der Waals surface area contributed by atoms with Gasteiger partial charge in [-0.05, 0) is 81.6 Å². The van der Waals surface area contributed by atoms with Crippen molar-refractivity contribution < 1.29 is 4.42 Å². The van der Waals surface area contributed by atoms with E-state index in [4.69, 9.17) is 4.42 Å². The number of nitrogens with zero attached hydrogens (tertiary/aromatic N) is 1. The molecule has 0 aliphatic carbocycles. The largest absolute Gasteiger partial charge is 0.456 e. The first-order chi connectivity index (χ1) is 24.3. The average Bonchev–Trinajstić information content (AvgIpc) is 3.74. The third kappa shape index (κ3) is 4.55. The summed E-state index contributed by atoms with van der Waals surface area (Å²) >= 11 is 1.85. The number of anilines is 3. The van der Waals surface area contributed by atoms with Crippen molar-refractivity contribution in [3.8, 4) is 22.3 Å². The number of rotatable bonds is 5. The van der Waals surface area contributed by atoms with E-state index in [1.54, 1.807) is 0 Å². The standard InChI is InChI=1S/C46H29NOS/c1-2-18-35-30(12-1)13-9-21-36(35)33-16-7-14-31(28-33)32-15-8-17-34(29-32)47(40-23-11-26-43-45(40)39-20-3-5-25-42(39)48-43)41-24-10-22-38-37-19-4-6-27-44(37)49-46(38)41/h1-29H. The summed E-state index contributed by atoms with van der Waals surface area (Å²) in [5.74, 6) is 0. The van der Waals surface area contributed by atoms with Gasteiger partial charge in [0.2, 0.25) is 0 Å². The van der Waals surface area contributed by atoms with Crippen LogP contribution < -0.4 is 4.90 Å². The first-order valence-electron chi connectivity index (χ1n) is 16.6. The maximum atomic E-state index is 6.41. The Kier molecular flexibility index (Phi) is 6.39. The van der Waals surface area contributed by atoms with Crippen molar-refractivity contribution in [2.45, 2.75) is 0 Å². The van der Waals surface area contributed by atoms with Gasteiger partial charge in [0, 0.05) is 26.5 Å². The predicted octanol–water partition coefficient (Wildman–Crippen LogP) is 13.9. The van der Waals surface area contributed by atoms with Crippen LogP contribution in [0.1, 0.15) is 0 Å². The van der Waals surface area contributed by atoms with E-state index in [0.717, 1.165) is 44.6 Å². The van der Waals surface area contributed by atoms with E-state index in [1.165, 1.54) is 47.6 Å². The summed E-state index contributed by atoms with van der Waals surface area (Å²) in [5, 5.41) is 7.29. The molecule has 0 bridgehead atoms. The summed E-state index contributed by atoms with van der Waals surface area (Å²) in [4.78, 5) is 2.43. The van der Waals surface area contributed by atoms with Crippen molar-refractivity contribution in [2.75, 3.05) is 4.90 Å². The van der Waals surface area contributed by atoms with Crippen molar-refractivity contribution in [3.05, 3.63) is 176 Å². The number of hydrogen-bond acceptors (Lipinski definition) is 3. The van der Waals surface area contributed by atoms with E-state index in [2.05, 4.69) is 175 Å². The minimum atomic E-state index is 0.881. The molecule has 8 aromatic carbocycles. The molecule has 0 atom stereocenters. The molecule has 0 spiro atoms. The van der Waals surface area contributed by atoms with Crippen molar-refractivity contribution in [2.24, 2.45) is 0 Å². The molecule has 0 fully saturated rings. The van der Waals surface area contributed by atoms with E-state index in [0.29, 0.717) is 0 Å². The molecule has 2 heterocycles. The summed E-state index contributed by atoms with van der Waals surface area (Å²) in [6.45, 7) is 0. The van der Waals surface area contributed by atoms with Crippen molar-refractivity contribution in [1.82, 2.24) is 0 Å². The van der Waals surface area contributed by atoms with Gasteiger partial charge >= 0.3 is 0 Å². The molecule has 0 aliphatic rings. The van der Waals surface area contributed by atoms with Gasteiger partial charge in [-0.15, -0.1) is 11.3 Å². The molecule has 0 amide bonds. The predicted molar refractivity (Wildman–Crippen MR) is 210 cm³/mol. The second-order valence-electron chi connectivity index (χ2n) is 12.5. The van der Waals surface area contributed by atoms with Gasteiger partial charge in [-0.3, -0.25) is 0 Å². The van der Waals surface area contributed by atoms with Crippen molar-refractivity contribution >= 4 is 81.3 Å². The Morgan fingerprint density at radius 3 is 2.00 bits per heavy atom. The van der Waals surface area contributed by atoms with Gasteiger partial charge < -0.3 is 9.32 Å². The highest BCUT2D eigenvalue weighted by Crippen LogP contribution is 2.48. The van der Waals surface area contributed by atoms with Gasteiger partial charge in [0.15, 0.2) is 0 Å². The SMILES string of the molecule is c1cc(-c2cccc(N(c3cccc4c3sc3ccccc34)c3cccc4oc5ccccc5c34)c2)cc(-c2cccc3ccccc23)c1. The minimum absolute atomic E-state index is 0.881. The van der Waals surface area contributed by atoms with Gasteiger partial charge in [0.05, 0.1) is 21.5 Å². The molecule has 230 valence electrons. The van der Waals surface area contributed by atoms with Gasteiger partial charge in [0.25, 0.3) is 0 Å². The molecule has 0 unspecified atom stereocenters. The summed E-state index contributed by atoms with van der Waals surface area (Å²) in [5.41, 5.74) is 9.91. The Labute approximate surface area is 287 Å². The molecule has 0 saturated heterocycles.